The highest BCUT2D eigenvalue weighted by molar-refractivity contribution is 7.17. The third-order valence-corrected chi connectivity index (χ3v) is 5.23. The van der Waals surface area contributed by atoms with Gasteiger partial charge in [-0.3, -0.25) is 9.59 Å². The summed E-state index contributed by atoms with van der Waals surface area (Å²) in [5.41, 5.74) is 0.551. The number of hydrogen-bond donors (Lipinski definition) is 1. The molecule has 1 aromatic heterocycles. The second-order valence-corrected chi connectivity index (χ2v) is 7.21. The van der Waals surface area contributed by atoms with E-state index in [1.807, 2.05) is 6.07 Å². The van der Waals surface area contributed by atoms with Gasteiger partial charge in [-0.25, -0.2) is 8.78 Å². The van der Waals surface area contributed by atoms with Gasteiger partial charge in [0.05, 0.1) is 0 Å². The van der Waals surface area contributed by atoms with Crippen LogP contribution in [-0.2, 0) is 9.59 Å². The van der Waals surface area contributed by atoms with Gasteiger partial charge in [0.2, 0.25) is 5.91 Å². The van der Waals surface area contributed by atoms with Gasteiger partial charge in [-0.1, -0.05) is 23.7 Å². The first-order valence-corrected chi connectivity index (χ1v) is 9.22. The van der Waals surface area contributed by atoms with E-state index in [-0.39, 0.29) is 11.3 Å². The first kappa shape index (κ1) is 19.2. The third-order valence-electron chi connectivity index (χ3n) is 4.02. The van der Waals surface area contributed by atoms with Crippen molar-refractivity contribution in [3.63, 3.8) is 0 Å². The Labute approximate surface area is 163 Å². The zero-order valence-corrected chi connectivity index (χ0v) is 15.7. The molecule has 0 radical (unpaired) electrons. The van der Waals surface area contributed by atoms with Crippen molar-refractivity contribution >= 4 is 50.8 Å². The van der Waals surface area contributed by atoms with E-state index in [1.54, 1.807) is 17.5 Å². The standard InChI is InChI=1S/C20H14ClF2NO2S/c1-11(25)18(15-10-27-17-6-5-13(21)9-14(15)17)20(26)24-8-7-12-3-2-4-16(22)19(12)23/h2-10,18H,1H3,(H,24,26)/b8-7+. The Morgan fingerprint density at radius 3 is 2.74 bits per heavy atom. The van der Waals surface area contributed by atoms with E-state index in [4.69, 9.17) is 11.6 Å². The molecule has 27 heavy (non-hydrogen) atoms. The largest absolute Gasteiger partial charge is 0.332 e. The van der Waals surface area contributed by atoms with Crippen molar-refractivity contribution in [1.29, 1.82) is 0 Å². The summed E-state index contributed by atoms with van der Waals surface area (Å²) >= 11 is 7.44. The maximum absolute atomic E-state index is 13.6. The highest BCUT2D eigenvalue weighted by Gasteiger charge is 2.27. The van der Waals surface area contributed by atoms with Crippen LogP contribution in [0.25, 0.3) is 16.2 Å². The van der Waals surface area contributed by atoms with Crippen LogP contribution in [0.2, 0.25) is 5.02 Å². The molecule has 1 N–H and O–H groups in total. The SMILES string of the molecule is CC(=O)C(C(=O)N/C=C/c1cccc(F)c1F)c1csc2ccc(Cl)cc12. The zero-order valence-electron chi connectivity index (χ0n) is 14.1. The van der Waals surface area contributed by atoms with Gasteiger partial charge in [-0.15, -0.1) is 11.3 Å². The van der Waals surface area contributed by atoms with Gasteiger partial charge < -0.3 is 5.32 Å². The molecule has 1 heterocycles. The molecule has 7 heteroatoms. The number of carbonyl (C=O) groups is 2. The fourth-order valence-electron chi connectivity index (χ4n) is 2.74. The quantitative estimate of drug-likeness (QED) is 0.586. The van der Waals surface area contributed by atoms with Gasteiger partial charge in [0.1, 0.15) is 11.7 Å². The van der Waals surface area contributed by atoms with Crippen LogP contribution in [0, 0.1) is 11.6 Å². The number of ketones is 1. The summed E-state index contributed by atoms with van der Waals surface area (Å²) in [4.78, 5) is 24.7. The summed E-state index contributed by atoms with van der Waals surface area (Å²) in [6, 6.07) is 9.02. The minimum Gasteiger partial charge on any atom is -0.332 e. The van der Waals surface area contributed by atoms with Crippen molar-refractivity contribution < 1.29 is 18.4 Å². The molecule has 0 saturated carbocycles. The number of rotatable bonds is 5. The average molecular weight is 406 g/mol. The van der Waals surface area contributed by atoms with E-state index in [0.717, 1.165) is 16.2 Å². The van der Waals surface area contributed by atoms with E-state index in [0.29, 0.717) is 10.6 Å². The number of carbonyl (C=O) groups excluding carboxylic acids is 2. The summed E-state index contributed by atoms with van der Waals surface area (Å²) < 4.78 is 27.8. The first-order chi connectivity index (χ1) is 12.9. The lowest BCUT2D eigenvalue weighted by Crippen LogP contribution is -2.29. The number of Topliss-reactive ketones (excluding diaryl/α,β-unsaturated/α-hetero) is 1. The fraction of sp³-hybridized carbons (Fsp3) is 0.100. The Kier molecular flexibility index (Phi) is 5.68. The molecular weight excluding hydrogens is 392 g/mol. The summed E-state index contributed by atoms with van der Waals surface area (Å²) in [7, 11) is 0. The van der Waals surface area contributed by atoms with Crippen LogP contribution >= 0.6 is 22.9 Å². The van der Waals surface area contributed by atoms with E-state index < -0.39 is 23.5 Å². The van der Waals surface area contributed by atoms with Gasteiger partial charge in [-0.05, 0) is 53.6 Å². The number of benzene rings is 2. The van der Waals surface area contributed by atoms with Gasteiger partial charge in [0.25, 0.3) is 0 Å². The molecule has 0 bridgehead atoms. The lowest BCUT2D eigenvalue weighted by molar-refractivity contribution is -0.128. The Hall–Kier alpha value is -2.57. The second-order valence-electron chi connectivity index (χ2n) is 5.86. The number of halogens is 3. The maximum Gasteiger partial charge on any atom is 0.239 e. The molecule has 0 fully saturated rings. The van der Waals surface area contributed by atoms with Crippen LogP contribution in [0.5, 0.6) is 0 Å². The molecule has 0 aliphatic carbocycles. The van der Waals surface area contributed by atoms with Crippen molar-refractivity contribution in [2.75, 3.05) is 0 Å². The molecule has 0 saturated heterocycles. The Bertz CT molecular complexity index is 1060. The molecule has 3 rings (SSSR count). The molecule has 0 spiro atoms. The molecule has 3 nitrogen and oxygen atoms in total. The molecule has 3 aromatic rings. The van der Waals surface area contributed by atoms with Crippen LogP contribution in [0.1, 0.15) is 24.0 Å². The zero-order chi connectivity index (χ0) is 19.6. The highest BCUT2D eigenvalue weighted by atomic mass is 35.5. The summed E-state index contributed by atoms with van der Waals surface area (Å²) in [6.07, 6.45) is 2.42. The second kappa shape index (κ2) is 7.98. The van der Waals surface area contributed by atoms with E-state index in [2.05, 4.69) is 5.32 Å². The number of fused-ring (bicyclic) bond motifs is 1. The minimum atomic E-state index is -1.03. The predicted octanol–water partition coefficient (Wildman–Crippen LogP) is 5.29. The Balaban J connectivity index is 1.85. The van der Waals surface area contributed by atoms with Crippen LogP contribution < -0.4 is 5.32 Å². The smallest absolute Gasteiger partial charge is 0.239 e. The van der Waals surface area contributed by atoms with Crippen molar-refractivity contribution in [3.05, 3.63) is 75.8 Å². The molecular formula is C20H14ClF2NO2S. The van der Waals surface area contributed by atoms with Gasteiger partial charge in [0.15, 0.2) is 11.6 Å². The Morgan fingerprint density at radius 1 is 1.22 bits per heavy atom. The molecule has 1 amide bonds. The number of nitrogens with one attached hydrogen (secondary N) is 1. The summed E-state index contributed by atoms with van der Waals surface area (Å²) in [5.74, 6) is -3.91. The van der Waals surface area contributed by atoms with Crippen LogP contribution in [0.3, 0.4) is 0 Å². The Morgan fingerprint density at radius 2 is 2.00 bits per heavy atom. The molecule has 1 atom stereocenters. The van der Waals surface area contributed by atoms with Crippen molar-refractivity contribution in [2.24, 2.45) is 0 Å². The predicted molar refractivity (Wildman–Crippen MR) is 104 cm³/mol. The lowest BCUT2D eigenvalue weighted by Gasteiger charge is -2.12. The first-order valence-electron chi connectivity index (χ1n) is 7.96. The topological polar surface area (TPSA) is 46.2 Å². The van der Waals surface area contributed by atoms with Gasteiger partial charge in [0, 0.05) is 21.5 Å². The lowest BCUT2D eigenvalue weighted by atomic mass is 9.94. The van der Waals surface area contributed by atoms with E-state index in [9.17, 15) is 18.4 Å². The van der Waals surface area contributed by atoms with E-state index in [1.165, 1.54) is 42.7 Å². The van der Waals surface area contributed by atoms with E-state index >= 15 is 0 Å². The van der Waals surface area contributed by atoms with Crippen molar-refractivity contribution in [2.45, 2.75) is 12.8 Å². The van der Waals surface area contributed by atoms with Gasteiger partial charge in [-0.2, -0.15) is 0 Å². The number of amides is 1. The van der Waals surface area contributed by atoms with Crippen LogP contribution in [0.4, 0.5) is 8.78 Å². The highest BCUT2D eigenvalue weighted by Crippen LogP contribution is 2.34. The van der Waals surface area contributed by atoms with Crippen LogP contribution in [-0.4, -0.2) is 11.7 Å². The van der Waals surface area contributed by atoms with Crippen molar-refractivity contribution in [3.8, 4) is 0 Å². The summed E-state index contributed by atoms with van der Waals surface area (Å²) in [6.45, 7) is 1.33. The monoisotopic (exact) mass is 405 g/mol. The van der Waals surface area contributed by atoms with Crippen molar-refractivity contribution in [1.82, 2.24) is 5.32 Å². The number of hydrogen-bond acceptors (Lipinski definition) is 3. The molecule has 2 aromatic carbocycles. The molecule has 138 valence electrons. The molecule has 0 aliphatic heterocycles. The third kappa shape index (κ3) is 4.07. The van der Waals surface area contributed by atoms with Gasteiger partial charge >= 0.3 is 0 Å². The minimum absolute atomic E-state index is 0.0116. The fourth-order valence-corrected chi connectivity index (χ4v) is 3.87. The maximum atomic E-state index is 13.6. The molecule has 1 unspecified atom stereocenters. The summed E-state index contributed by atoms with van der Waals surface area (Å²) in [5, 5.41) is 5.47. The molecule has 0 aliphatic rings. The van der Waals surface area contributed by atoms with Crippen LogP contribution in [0.15, 0.2) is 48.0 Å². The average Bonchev–Trinajstić information content (AvgIpc) is 3.01. The number of thiophene rings is 1. The normalized spacial score (nSPS) is 12.4.